The average Bonchev–Trinajstić information content (AvgIpc) is 2.94. The summed E-state index contributed by atoms with van der Waals surface area (Å²) in [7, 11) is 1.90. The van der Waals surface area contributed by atoms with Crippen LogP contribution in [-0.4, -0.2) is 56.0 Å². The van der Waals surface area contributed by atoms with E-state index >= 15 is 0 Å². The van der Waals surface area contributed by atoms with Crippen LogP contribution in [0.25, 0.3) is 11.1 Å². The van der Waals surface area contributed by atoms with Crippen molar-refractivity contribution in [3.8, 4) is 11.1 Å². The van der Waals surface area contributed by atoms with Gasteiger partial charge in [-0.15, -0.1) is 0 Å². The summed E-state index contributed by atoms with van der Waals surface area (Å²) in [5.41, 5.74) is 4.86. The number of carbonyl (C=O) groups excluding carboxylic acids is 1. The fourth-order valence-corrected chi connectivity index (χ4v) is 3.28. The Morgan fingerprint density at radius 1 is 1.08 bits per heavy atom. The monoisotopic (exact) mass is 340 g/mol. The van der Waals surface area contributed by atoms with Crippen molar-refractivity contribution >= 4 is 6.09 Å². The molecule has 5 heteroatoms. The molecule has 0 saturated heterocycles. The molecule has 132 valence electrons. The van der Waals surface area contributed by atoms with Gasteiger partial charge in [0.1, 0.15) is 6.61 Å². The van der Waals surface area contributed by atoms with Crippen molar-refractivity contribution in [3.05, 3.63) is 59.7 Å². The molecule has 0 radical (unpaired) electrons. The van der Waals surface area contributed by atoms with Crippen molar-refractivity contribution in [2.24, 2.45) is 0 Å². The SMILES string of the molecule is CN(CCO)CCNC(=O)OCC1c2ccccc2-c2ccccc21. The predicted molar refractivity (Wildman–Crippen MR) is 97.7 cm³/mol. The van der Waals surface area contributed by atoms with Crippen molar-refractivity contribution in [1.29, 1.82) is 0 Å². The highest BCUT2D eigenvalue weighted by atomic mass is 16.5. The molecule has 0 aliphatic heterocycles. The first kappa shape index (κ1) is 17.5. The van der Waals surface area contributed by atoms with Crippen molar-refractivity contribution < 1.29 is 14.6 Å². The van der Waals surface area contributed by atoms with Gasteiger partial charge in [0.2, 0.25) is 0 Å². The molecule has 2 N–H and O–H groups in total. The number of alkyl carbamates (subject to hydrolysis) is 1. The lowest BCUT2D eigenvalue weighted by atomic mass is 9.98. The van der Waals surface area contributed by atoms with Crippen LogP contribution in [0.15, 0.2) is 48.5 Å². The lowest BCUT2D eigenvalue weighted by Crippen LogP contribution is -2.34. The molecule has 0 fully saturated rings. The number of nitrogens with one attached hydrogen (secondary N) is 1. The van der Waals surface area contributed by atoms with E-state index in [1.165, 1.54) is 22.3 Å². The molecule has 0 bridgehead atoms. The number of amides is 1. The van der Waals surface area contributed by atoms with E-state index in [1.807, 2.05) is 36.2 Å². The summed E-state index contributed by atoms with van der Waals surface area (Å²) in [5, 5.41) is 11.6. The molecule has 0 spiro atoms. The maximum atomic E-state index is 12.0. The van der Waals surface area contributed by atoms with Gasteiger partial charge in [0.05, 0.1) is 6.61 Å². The van der Waals surface area contributed by atoms with Crippen molar-refractivity contribution in [2.75, 3.05) is 39.9 Å². The minimum Gasteiger partial charge on any atom is -0.449 e. The Hall–Kier alpha value is -2.37. The lowest BCUT2D eigenvalue weighted by Gasteiger charge is -2.17. The Morgan fingerprint density at radius 3 is 2.28 bits per heavy atom. The summed E-state index contributed by atoms with van der Waals surface area (Å²) in [6.07, 6.45) is -0.403. The largest absolute Gasteiger partial charge is 0.449 e. The highest BCUT2D eigenvalue weighted by molar-refractivity contribution is 5.79. The van der Waals surface area contributed by atoms with Gasteiger partial charge < -0.3 is 20.1 Å². The normalized spacial score (nSPS) is 12.8. The van der Waals surface area contributed by atoms with Gasteiger partial charge in [-0.3, -0.25) is 0 Å². The lowest BCUT2D eigenvalue weighted by molar-refractivity contribution is 0.141. The second kappa shape index (κ2) is 8.14. The second-order valence-corrected chi connectivity index (χ2v) is 6.28. The highest BCUT2D eigenvalue weighted by Gasteiger charge is 2.28. The smallest absolute Gasteiger partial charge is 0.407 e. The topological polar surface area (TPSA) is 61.8 Å². The molecule has 25 heavy (non-hydrogen) atoms. The molecule has 1 aliphatic rings. The molecule has 2 aromatic carbocycles. The van der Waals surface area contributed by atoms with E-state index in [1.54, 1.807) is 0 Å². The van der Waals surface area contributed by atoms with Gasteiger partial charge in [0, 0.05) is 25.6 Å². The van der Waals surface area contributed by atoms with Crippen LogP contribution in [0.3, 0.4) is 0 Å². The molecule has 3 rings (SSSR count). The van der Waals surface area contributed by atoms with Gasteiger partial charge >= 0.3 is 6.09 Å². The summed E-state index contributed by atoms with van der Waals surface area (Å²) in [5.74, 6) is 0.0789. The Morgan fingerprint density at radius 2 is 1.68 bits per heavy atom. The first-order chi connectivity index (χ1) is 12.2. The van der Waals surface area contributed by atoms with Crippen LogP contribution < -0.4 is 5.32 Å². The summed E-state index contributed by atoms with van der Waals surface area (Å²) >= 11 is 0. The van der Waals surface area contributed by atoms with Crippen LogP contribution in [0.2, 0.25) is 0 Å². The minimum atomic E-state index is -0.403. The quantitative estimate of drug-likeness (QED) is 0.813. The third-order valence-corrected chi connectivity index (χ3v) is 4.59. The van der Waals surface area contributed by atoms with Crippen molar-refractivity contribution in [2.45, 2.75) is 5.92 Å². The van der Waals surface area contributed by atoms with E-state index in [0.717, 1.165) is 0 Å². The summed E-state index contributed by atoms with van der Waals surface area (Å²) < 4.78 is 5.46. The standard InChI is InChI=1S/C20H24N2O3/c1-22(12-13-23)11-10-21-20(24)25-14-19-17-8-4-2-6-15(17)16-7-3-5-9-18(16)19/h2-9,19,23H,10-14H2,1H3,(H,21,24). The molecular weight excluding hydrogens is 316 g/mol. The van der Waals surface area contributed by atoms with E-state index in [0.29, 0.717) is 26.2 Å². The molecule has 0 atom stereocenters. The Labute approximate surface area is 148 Å². The van der Waals surface area contributed by atoms with Gasteiger partial charge in [-0.1, -0.05) is 48.5 Å². The van der Waals surface area contributed by atoms with E-state index in [2.05, 4.69) is 29.6 Å². The van der Waals surface area contributed by atoms with Gasteiger partial charge in [-0.2, -0.15) is 0 Å². The van der Waals surface area contributed by atoms with Crippen LogP contribution in [-0.2, 0) is 4.74 Å². The predicted octanol–water partition coefficient (Wildman–Crippen LogP) is 2.45. The zero-order chi connectivity index (χ0) is 17.6. The van der Waals surface area contributed by atoms with Gasteiger partial charge in [0.25, 0.3) is 0 Å². The Kier molecular flexibility index (Phi) is 5.68. The van der Waals surface area contributed by atoms with E-state index in [-0.39, 0.29) is 12.5 Å². The number of fused-ring (bicyclic) bond motifs is 3. The van der Waals surface area contributed by atoms with E-state index in [4.69, 9.17) is 9.84 Å². The van der Waals surface area contributed by atoms with Gasteiger partial charge in [-0.25, -0.2) is 4.79 Å². The molecule has 0 aromatic heterocycles. The number of ether oxygens (including phenoxy) is 1. The first-order valence-corrected chi connectivity index (χ1v) is 8.59. The average molecular weight is 340 g/mol. The van der Waals surface area contributed by atoms with E-state index < -0.39 is 6.09 Å². The summed E-state index contributed by atoms with van der Waals surface area (Å²) in [6, 6.07) is 16.6. The molecule has 0 saturated carbocycles. The second-order valence-electron chi connectivity index (χ2n) is 6.28. The maximum absolute atomic E-state index is 12.0. The zero-order valence-corrected chi connectivity index (χ0v) is 14.4. The summed E-state index contributed by atoms with van der Waals surface area (Å²) in [4.78, 5) is 13.9. The minimum absolute atomic E-state index is 0.0789. The fourth-order valence-electron chi connectivity index (χ4n) is 3.28. The number of aliphatic hydroxyl groups excluding tert-OH is 1. The maximum Gasteiger partial charge on any atom is 0.407 e. The van der Waals surface area contributed by atoms with Crippen LogP contribution in [0.1, 0.15) is 17.0 Å². The van der Waals surface area contributed by atoms with Crippen molar-refractivity contribution in [1.82, 2.24) is 10.2 Å². The number of aliphatic hydroxyl groups is 1. The fraction of sp³-hybridized carbons (Fsp3) is 0.350. The molecule has 0 unspecified atom stereocenters. The molecule has 5 nitrogen and oxygen atoms in total. The van der Waals surface area contributed by atoms with Crippen LogP contribution in [0, 0.1) is 0 Å². The van der Waals surface area contributed by atoms with Gasteiger partial charge in [0.15, 0.2) is 0 Å². The zero-order valence-electron chi connectivity index (χ0n) is 14.4. The van der Waals surface area contributed by atoms with Crippen LogP contribution in [0.5, 0.6) is 0 Å². The van der Waals surface area contributed by atoms with Gasteiger partial charge in [-0.05, 0) is 29.3 Å². The summed E-state index contributed by atoms with van der Waals surface area (Å²) in [6.45, 7) is 2.19. The number of rotatable bonds is 7. The number of hydrogen-bond acceptors (Lipinski definition) is 4. The number of hydrogen-bond donors (Lipinski definition) is 2. The molecule has 0 heterocycles. The molecule has 1 amide bonds. The molecule has 2 aromatic rings. The third kappa shape index (κ3) is 4.00. The highest BCUT2D eigenvalue weighted by Crippen LogP contribution is 2.44. The number of nitrogens with zero attached hydrogens (tertiary/aromatic N) is 1. The van der Waals surface area contributed by atoms with Crippen molar-refractivity contribution in [3.63, 3.8) is 0 Å². The molecular formula is C20H24N2O3. The Balaban J connectivity index is 1.57. The van der Waals surface area contributed by atoms with Crippen LogP contribution in [0.4, 0.5) is 4.79 Å². The number of likely N-dealkylation sites (N-methyl/N-ethyl adjacent to an activating group) is 1. The van der Waals surface area contributed by atoms with Crippen LogP contribution >= 0.6 is 0 Å². The Bertz CT molecular complexity index is 687. The number of benzene rings is 2. The third-order valence-electron chi connectivity index (χ3n) is 4.59. The number of carbonyl (C=O) groups is 1. The molecule has 1 aliphatic carbocycles. The van der Waals surface area contributed by atoms with E-state index in [9.17, 15) is 4.79 Å². The first-order valence-electron chi connectivity index (χ1n) is 8.59.